The Morgan fingerprint density at radius 2 is 1.83 bits per heavy atom. The van der Waals surface area contributed by atoms with Crippen molar-refractivity contribution in [1.29, 1.82) is 0 Å². The first-order chi connectivity index (χ1) is 10.9. The summed E-state index contributed by atoms with van der Waals surface area (Å²) in [5.74, 6) is -0.427. The zero-order valence-corrected chi connectivity index (χ0v) is 12.4. The van der Waals surface area contributed by atoms with Crippen molar-refractivity contribution in [3.63, 3.8) is 0 Å². The van der Waals surface area contributed by atoms with Crippen LogP contribution in [0.5, 0.6) is 0 Å². The molecule has 0 N–H and O–H groups in total. The van der Waals surface area contributed by atoms with E-state index in [4.69, 9.17) is 4.42 Å². The van der Waals surface area contributed by atoms with Gasteiger partial charge in [0.1, 0.15) is 17.1 Å². The minimum absolute atomic E-state index is 0.0232. The van der Waals surface area contributed by atoms with Gasteiger partial charge in [0.25, 0.3) is 5.69 Å². The standard InChI is InChI=1S/C16H13NO6/c1-10(18)14(16(19)22-2)9-13-7-8-15(23-13)11-3-5-12(6-4-11)17(20)21/h3-9H,1-2H3/b14-9-. The quantitative estimate of drug-likeness (QED) is 0.210. The molecule has 0 unspecified atom stereocenters. The first kappa shape index (κ1) is 16.2. The molecule has 2 aromatic rings. The summed E-state index contributed by atoms with van der Waals surface area (Å²) in [6.07, 6.45) is 1.29. The van der Waals surface area contributed by atoms with Crippen molar-refractivity contribution in [1.82, 2.24) is 0 Å². The molecule has 2 rings (SSSR count). The fourth-order valence-corrected chi connectivity index (χ4v) is 1.89. The molecule has 0 amide bonds. The van der Waals surface area contributed by atoms with Gasteiger partial charge in [-0.3, -0.25) is 14.9 Å². The van der Waals surface area contributed by atoms with Crippen molar-refractivity contribution in [2.75, 3.05) is 7.11 Å². The summed E-state index contributed by atoms with van der Waals surface area (Å²) in [6.45, 7) is 1.25. The number of esters is 1. The highest BCUT2D eigenvalue weighted by Crippen LogP contribution is 2.25. The number of furan rings is 1. The summed E-state index contributed by atoms with van der Waals surface area (Å²) in [5, 5.41) is 10.6. The molecule has 1 heterocycles. The summed E-state index contributed by atoms with van der Waals surface area (Å²) < 4.78 is 10.1. The molecule has 7 nitrogen and oxygen atoms in total. The number of ether oxygens (including phenoxy) is 1. The predicted octanol–water partition coefficient (Wildman–Crippen LogP) is 3.00. The van der Waals surface area contributed by atoms with E-state index in [0.29, 0.717) is 17.1 Å². The summed E-state index contributed by atoms with van der Waals surface area (Å²) in [7, 11) is 1.18. The van der Waals surface area contributed by atoms with Crippen LogP contribution in [-0.2, 0) is 14.3 Å². The summed E-state index contributed by atoms with van der Waals surface area (Å²) in [6, 6.07) is 9.06. The Morgan fingerprint density at radius 3 is 2.35 bits per heavy atom. The first-order valence-electron chi connectivity index (χ1n) is 6.58. The molecule has 0 atom stereocenters. The van der Waals surface area contributed by atoms with E-state index in [-0.39, 0.29) is 11.3 Å². The van der Waals surface area contributed by atoms with Crippen molar-refractivity contribution < 1.29 is 23.7 Å². The molecule has 0 aliphatic carbocycles. The number of benzene rings is 1. The van der Waals surface area contributed by atoms with Crippen molar-refractivity contribution in [3.05, 3.63) is 57.8 Å². The van der Waals surface area contributed by atoms with Crippen LogP contribution < -0.4 is 0 Å². The van der Waals surface area contributed by atoms with Gasteiger partial charge in [-0.1, -0.05) is 0 Å². The Labute approximate surface area is 131 Å². The zero-order valence-electron chi connectivity index (χ0n) is 12.4. The number of nitro benzene ring substituents is 1. The lowest BCUT2D eigenvalue weighted by atomic mass is 10.1. The van der Waals surface area contributed by atoms with E-state index >= 15 is 0 Å². The fraction of sp³-hybridized carbons (Fsp3) is 0.125. The third-order valence-corrected chi connectivity index (χ3v) is 3.06. The maximum Gasteiger partial charge on any atom is 0.341 e. The van der Waals surface area contributed by atoms with Crippen molar-refractivity contribution in [3.8, 4) is 11.3 Å². The third-order valence-electron chi connectivity index (χ3n) is 3.06. The van der Waals surface area contributed by atoms with Crippen LogP contribution in [0.1, 0.15) is 12.7 Å². The minimum Gasteiger partial charge on any atom is -0.465 e. The number of nitro groups is 1. The largest absolute Gasteiger partial charge is 0.465 e. The Kier molecular flexibility index (Phi) is 4.70. The molecular weight excluding hydrogens is 302 g/mol. The van der Waals surface area contributed by atoms with Gasteiger partial charge >= 0.3 is 5.97 Å². The number of Topliss-reactive ketones (excluding diaryl/α,β-unsaturated/α-hetero) is 1. The predicted molar refractivity (Wildman–Crippen MR) is 81.5 cm³/mol. The van der Waals surface area contributed by atoms with Crippen LogP contribution in [0.4, 0.5) is 5.69 Å². The van der Waals surface area contributed by atoms with E-state index in [1.54, 1.807) is 24.3 Å². The molecular formula is C16H13NO6. The van der Waals surface area contributed by atoms with Gasteiger partial charge < -0.3 is 9.15 Å². The molecule has 23 heavy (non-hydrogen) atoms. The van der Waals surface area contributed by atoms with Crippen molar-refractivity contribution in [2.45, 2.75) is 6.92 Å². The van der Waals surface area contributed by atoms with Gasteiger partial charge in [-0.2, -0.15) is 0 Å². The van der Waals surface area contributed by atoms with E-state index in [9.17, 15) is 19.7 Å². The average Bonchev–Trinajstić information content (AvgIpc) is 3.00. The normalized spacial score (nSPS) is 11.1. The molecule has 0 aliphatic heterocycles. The number of methoxy groups -OCH3 is 1. The molecule has 7 heteroatoms. The van der Waals surface area contributed by atoms with Crippen LogP contribution in [0.3, 0.4) is 0 Å². The Balaban J connectivity index is 2.31. The summed E-state index contributed by atoms with van der Waals surface area (Å²) in [5.41, 5.74) is 0.486. The smallest absolute Gasteiger partial charge is 0.341 e. The molecule has 1 aromatic carbocycles. The second kappa shape index (κ2) is 6.69. The third kappa shape index (κ3) is 3.70. The van der Waals surface area contributed by atoms with Crippen LogP contribution in [0.25, 0.3) is 17.4 Å². The Hall–Kier alpha value is -3.22. The number of rotatable bonds is 5. The van der Waals surface area contributed by atoms with Gasteiger partial charge in [-0.15, -0.1) is 0 Å². The van der Waals surface area contributed by atoms with Crippen molar-refractivity contribution >= 4 is 23.5 Å². The number of hydrogen-bond donors (Lipinski definition) is 0. The zero-order chi connectivity index (χ0) is 17.0. The highest BCUT2D eigenvalue weighted by molar-refractivity contribution is 6.19. The van der Waals surface area contributed by atoms with E-state index in [2.05, 4.69) is 4.74 Å². The lowest BCUT2D eigenvalue weighted by molar-refractivity contribution is -0.384. The van der Waals surface area contributed by atoms with Gasteiger partial charge in [0.05, 0.1) is 12.0 Å². The van der Waals surface area contributed by atoms with E-state index in [0.717, 1.165) is 0 Å². The number of carbonyl (C=O) groups excluding carboxylic acids is 2. The SMILES string of the molecule is COC(=O)/C(=C\c1ccc(-c2ccc([N+](=O)[O-])cc2)o1)C(C)=O. The number of non-ortho nitro benzene ring substituents is 1. The molecule has 0 bridgehead atoms. The number of carbonyl (C=O) groups is 2. The molecule has 0 radical (unpaired) electrons. The average molecular weight is 315 g/mol. The van der Waals surface area contributed by atoms with Crippen LogP contribution in [0.15, 0.2) is 46.4 Å². The number of nitrogens with zero attached hydrogens (tertiary/aromatic N) is 1. The van der Waals surface area contributed by atoms with Gasteiger partial charge in [-0.05, 0) is 37.3 Å². The van der Waals surface area contributed by atoms with Crippen LogP contribution in [0.2, 0.25) is 0 Å². The van der Waals surface area contributed by atoms with E-state index < -0.39 is 16.7 Å². The first-order valence-corrected chi connectivity index (χ1v) is 6.58. The maximum atomic E-state index is 11.5. The number of ketones is 1. The topological polar surface area (TPSA) is 99.7 Å². The minimum atomic E-state index is -0.745. The van der Waals surface area contributed by atoms with Crippen molar-refractivity contribution in [2.24, 2.45) is 0 Å². The molecule has 0 aliphatic rings. The molecule has 0 fully saturated rings. The van der Waals surface area contributed by atoms with E-state index in [1.165, 1.54) is 32.2 Å². The lowest BCUT2D eigenvalue weighted by Gasteiger charge is -2.00. The maximum absolute atomic E-state index is 11.5. The highest BCUT2D eigenvalue weighted by Gasteiger charge is 2.16. The Morgan fingerprint density at radius 1 is 1.17 bits per heavy atom. The van der Waals surface area contributed by atoms with Crippen LogP contribution in [0, 0.1) is 10.1 Å². The molecule has 1 aromatic heterocycles. The van der Waals surface area contributed by atoms with Gasteiger partial charge in [-0.25, -0.2) is 4.79 Å². The van der Waals surface area contributed by atoms with E-state index in [1.807, 2.05) is 0 Å². The van der Waals surface area contributed by atoms with Gasteiger partial charge in [0.15, 0.2) is 5.78 Å². The lowest BCUT2D eigenvalue weighted by Crippen LogP contribution is -2.11. The highest BCUT2D eigenvalue weighted by atomic mass is 16.6. The summed E-state index contributed by atoms with van der Waals surface area (Å²) >= 11 is 0. The van der Waals surface area contributed by atoms with Crippen LogP contribution >= 0.6 is 0 Å². The molecule has 118 valence electrons. The molecule has 0 saturated heterocycles. The Bertz CT molecular complexity index is 785. The second-order valence-electron chi connectivity index (χ2n) is 4.61. The number of hydrogen-bond acceptors (Lipinski definition) is 6. The van der Waals surface area contributed by atoms with Gasteiger partial charge in [0, 0.05) is 17.7 Å². The molecule has 0 spiro atoms. The molecule has 0 saturated carbocycles. The fourth-order valence-electron chi connectivity index (χ4n) is 1.89. The van der Waals surface area contributed by atoms with Crippen LogP contribution in [-0.4, -0.2) is 23.8 Å². The monoisotopic (exact) mass is 315 g/mol. The van der Waals surface area contributed by atoms with Gasteiger partial charge in [0.2, 0.25) is 0 Å². The summed E-state index contributed by atoms with van der Waals surface area (Å²) in [4.78, 5) is 33.1. The second-order valence-corrected chi connectivity index (χ2v) is 4.61.